The molecule has 1 aliphatic heterocycles. The van der Waals surface area contributed by atoms with E-state index in [9.17, 15) is 9.59 Å². The van der Waals surface area contributed by atoms with E-state index in [1.165, 1.54) is 4.90 Å². The van der Waals surface area contributed by atoms with Crippen molar-refractivity contribution in [1.82, 2.24) is 10.2 Å². The lowest BCUT2D eigenvalue weighted by Gasteiger charge is -2.17. The van der Waals surface area contributed by atoms with Crippen molar-refractivity contribution in [3.63, 3.8) is 0 Å². The number of carbonyl (C=O) groups excluding carboxylic acids is 2. The van der Waals surface area contributed by atoms with Crippen LogP contribution in [-0.4, -0.2) is 28.1 Å². The van der Waals surface area contributed by atoms with Crippen LogP contribution >= 0.6 is 11.8 Å². The summed E-state index contributed by atoms with van der Waals surface area (Å²) in [5, 5.41) is 2.70. The minimum atomic E-state index is -0.802. The maximum atomic E-state index is 12.1. The molecule has 1 aliphatic rings. The molecule has 0 spiro atoms. The third-order valence-electron chi connectivity index (χ3n) is 3.05. The zero-order valence-corrected chi connectivity index (χ0v) is 12.2. The van der Waals surface area contributed by atoms with Crippen LogP contribution in [0.15, 0.2) is 29.2 Å². The minimum absolute atomic E-state index is 0.172. The van der Waals surface area contributed by atoms with Crippen molar-refractivity contribution in [2.45, 2.75) is 37.8 Å². The van der Waals surface area contributed by atoms with E-state index < -0.39 is 5.54 Å². The minimum Gasteiger partial charge on any atom is -0.324 e. The van der Waals surface area contributed by atoms with Gasteiger partial charge in [0, 0.05) is 4.90 Å². The van der Waals surface area contributed by atoms with Gasteiger partial charge in [-0.2, -0.15) is 0 Å². The lowest BCUT2D eigenvalue weighted by atomic mass is 10.1. The van der Waals surface area contributed by atoms with E-state index in [0.717, 1.165) is 16.2 Å². The fourth-order valence-corrected chi connectivity index (χ4v) is 2.87. The van der Waals surface area contributed by atoms with Gasteiger partial charge in [-0.1, -0.05) is 25.1 Å². The fourth-order valence-electron chi connectivity index (χ4n) is 2.06. The molecular formula is C14H18N2O2S. The van der Waals surface area contributed by atoms with E-state index in [1.54, 1.807) is 25.6 Å². The van der Waals surface area contributed by atoms with Crippen molar-refractivity contribution in [3.8, 4) is 0 Å². The Morgan fingerprint density at radius 2 is 1.95 bits per heavy atom. The van der Waals surface area contributed by atoms with Crippen LogP contribution in [0.5, 0.6) is 0 Å². The highest BCUT2D eigenvalue weighted by Crippen LogP contribution is 2.26. The average molecular weight is 278 g/mol. The molecule has 0 saturated carbocycles. The SMILES string of the molecule is CCSc1ccccc1CN1C(=O)NC(C)(C)C1=O. The Morgan fingerprint density at radius 1 is 1.26 bits per heavy atom. The van der Waals surface area contributed by atoms with E-state index >= 15 is 0 Å². The highest BCUT2D eigenvalue weighted by molar-refractivity contribution is 7.99. The summed E-state index contributed by atoms with van der Waals surface area (Å²) in [5.41, 5.74) is 0.208. The molecule has 1 N–H and O–H groups in total. The molecule has 1 heterocycles. The maximum absolute atomic E-state index is 12.1. The van der Waals surface area contributed by atoms with Crippen molar-refractivity contribution in [2.75, 3.05) is 5.75 Å². The highest BCUT2D eigenvalue weighted by atomic mass is 32.2. The van der Waals surface area contributed by atoms with Crippen molar-refractivity contribution in [3.05, 3.63) is 29.8 Å². The molecule has 3 amide bonds. The van der Waals surface area contributed by atoms with Gasteiger partial charge in [0.1, 0.15) is 5.54 Å². The van der Waals surface area contributed by atoms with Crippen LogP contribution in [-0.2, 0) is 11.3 Å². The number of benzene rings is 1. The lowest BCUT2D eigenvalue weighted by molar-refractivity contribution is -0.130. The van der Waals surface area contributed by atoms with Gasteiger partial charge in [-0.3, -0.25) is 9.69 Å². The van der Waals surface area contributed by atoms with Crippen molar-refractivity contribution in [1.29, 1.82) is 0 Å². The number of imide groups is 1. The molecule has 1 aromatic carbocycles. The van der Waals surface area contributed by atoms with E-state index in [2.05, 4.69) is 12.2 Å². The lowest BCUT2D eigenvalue weighted by Crippen LogP contribution is -2.40. The van der Waals surface area contributed by atoms with Crippen LogP contribution in [0.4, 0.5) is 4.79 Å². The number of hydrogen-bond acceptors (Lipinski definition) is 3. The van der Waals surface area contributed by atoms with Gasteiger partial charge >= 0.3 is 6.03 Å². The number of nitrogens with zero attached hydrogens (tertiary/aromatic N) is 1. The number of hydrogen-bond donors (Lipinski definition) is 1. The molecule has 19 heavy (non-hydrogen) atoms. The summed E-state index contributed by atoms with van der Waals surface area (Å²) in [4.78, 5) is 26.4. The molecule has 0 radical (unpaired) electrons. The molecule has 0 bridgehead atoms. The van der Waals surface area contributed by atoms with Gasteiger partial charge in [-0.15, -0.1) is 11.8 Å². The summed E-state index contributed by atoms with van der Waals surface area (Å²) in [6.45, 7) is 5.86. The number of amides is 3. The van der Waals surface area contributed by atoms with Crippen LogP contribution in [0.2, 0.25) is 0 Å². The second-order valence-corrected chi connectivity index (χ2v) is 6.29. The predicted molar refractivity (Wildman–Crippen MR) is 76.0 cm³/mol. The summed E-state index contributed by atoms with van der Waals surface area (Å²) in [6.07, 6.45) is 0. The first-order chi connectivity index (χ1) is 8.95. The van der Waals surface area contributed by atoms with Crippen LogP contribution in [0.3, 0.4) is 0 Å². The van der Waals surface area contributed by atoms with E-state index in [-0.39, 0.29) is 11.9 Å². The first kappa shape index (κ1) is 13.9. The molecule has 0 aliphatic carbocycles. The topological polar surface area (TPSA) is 49.4 Å². The molecule has 0 unspecified atom stereocenters. The van der Waals surface area contributed by atoms with Gasteiger partial charge in [-0.25, -0.2) is 4.79 Å². The number of carbonyl (C=O) groups is 2. The summed E-state index contributed by atoms with van der Waals surface area (Å²) < 4.78 is 0. The highest BCUT2D eigenvalue weighted by Gasteiger charge is 2.44. The van der Waals surface area contributed by atoms with E-state index in [4.69, 9.17) is 0 Å². The van der Waals surface area contributed by atoms with Gasteiger partial charge in [-0.05, 0) is 31.2 Å². The Bertz CT molecular complexity index is 514. The van der Waals surface area contributed by atoms with Crippen molar-refractivity contribution >= 4 is 23.7 Å². The third kappa shape index (κ3) is 2.76. The first-order valence-corrected chi connectivity index (χ1v) is 7.29. The summed E-state index contributed by atoms with van der Waals surface area (Å²) in [7, 11) is 0. The van der Waals surface area contributed by atoms with E-state index in [0.29, 0.717) is 6.54 Å². The maximum Gasteiger partial charge on any atom is 0.325 e. The Balaban J connectivity index is 2.22. The Labute approximate surface area is 117 Å². The number of thioether (sulfide) groups is 1. The second-order valence-electron chi connectivity index (χ2n) is 4.99. The summed E-state index contributed by atoms with van der Waals surface area (Å²) in [6, 6.07) is 7.57. The molecule has 1 fully saturated rings. The Morgan fingerprint density at radius 3 is 2.53 bits per heavy atom. The Hall–Kier alpha value is -1.49. The summed E-state index contributed by atoms with van der Waals surface area (Å²) in [5.74, 6) is 0.789. The average Bonchev–Trinajstić information content (AvgIpc) is 2.54. The van der Waals surface area contributed by atoms with Crippen LogP contribution < -0.4 is 5.32 Å². The van der Waals surface area contributed by atoms with Crippen LogP contribution in [0, 0.1) is 0 Å². The Kier molecular flexibility index (Phi) is 3.85. The normalized spacial score (nSPS) is 17.7. The van der Waals surface area contributed by atoms with E-state index in [1.807, 2.05) is 24.3 Å². The number of rotatable bonds is 4. The third-order valence-corrected chi connectivity index (χ3v) is 4.04. The second kappa shape index (κ2) is 5.25. The van der Waals surface area contributed by atoms with Gasteiger partial charge in [0.2, 0.25) is 0 Å². The fraction of sp³-hybridized carbons (Fsp3) is 0.429. The monoisotopic (exact) mass is 278 g/mol. The van der Waals surface area contributed by atoms with Crippen molar-refractivity contribution in [2.24, 2.45) is 0 Å². The molecule has 5 heteroatoms. The molecule has 1 saturated heterocycles. The quantitative estimate of drug-likeness (QED) is 0.680. The molecule has 2 rings (SSSR count). The van der Waals surface area contributed by atoms with Crippen molar-refractivity contribution < 1.29 is 9.59 Å². The smallest absolute Gasteiger partial charge is 0.324 e. The molecule has 4 nitrogen and oxygen atoms in total. The van der Waals surface area contributed by atoms with Gasteiger partial charge < -0.3 is 5.32 Å². The first-order valence-electron chi connectivity index (χ1n) is 6.30. The molecule has 102 valence electrons. The molecule has 0 aromatic heterocycles. The zero-order valence-electron chi connectivity index (χ0n) is 11.4. The van der Waals surface area contributed by atoms with Crippen LogP contribution in [0.25, 0.3) is 0 Å². The largest absolute Gasteiger partial charge is 0.325 e. The standard InChI is InChI=1S/C14H18N2O2S/c1-4-19-11-8-6-5-7-10(11)9-16-12(17)14(2,3)15-13(16)18/h5-8H,4,9H2,1-3H3,(H,15,18). The molecule has 1 aromatic rings. The molecular weight excluding hydrogens is 260 g/mol. The number of nitrogens with one attached hydrogen (secondary N) is 1. The predicted octanol–water partition coefficient (Wildman–Crippen LogP) is 2.63. The molecule has 0 atom stereocenters. The number of urea groups is 1. The zero-order chi connectivity index (χ0) is 14.0. The van der Waals surface area contributed by atoms with Gasteiger partial charge in [0.15, 0.2) is 0 Å². The summed E-state index contributed by atoms with van der Waals surface area (Å²) >= 11 is 1.72. The van der Waals surface area contributed by atoms with Crippen LogP contribution in [0.1, 0.15) is 26.3 Å². The van der Waals surface area contributed by atoms with Gasteiger partial charge in [0.25, 0.3) is 5.91 Å². The van der Waals surface area contributed by atoms with Gasteiger partial charge in [0.05, 0.1) is 6.54 Å².